The van der Waals surface area contributed by atoms with Gasteiger partial charge in [0.05, 0.1) is 12.1 Å². The van der Waals surface area contributed by atoms with Crippen molar-refractivity contribution in [2.45, 2.75) is 6.54 Å². The van der Waals surface area contributed by atoms with E-state index >= 15 is 0 Å². The molecule has 0 atom stereocenters. The van der Waals surface area contributed by atoms with E-state index in [1.807, 2.05) is 0 Å². The molecule has 0 bridgehead atoms. The Hall–Kier alpha value is -2.50. The molecule has 2 N–H and O–H groups in total. The first-order chi connectivity index (χ1) is 8.61. The summed E-state index contributed by atoms with van der Waals surface area (Å²) >= 11 is 0. The van der Waals surface area contributed by atoms with Crippen molar-refractivity contribution >= 4 is 16.9 Å². The molecule has 0 fully saturated rings. The van der Waals surface area contributed by atoms with Crippen molar-refractivity contribution in [2.75, 3.05) is 6.61 Å². The molecule has 0 amide bonds. The number of para-hydroxylation sites is 1. The summed E-state index contributed by atoms with van der Waals surface area (Å²) in [4.78, 5) is 23.1. The van der Waals surface area contributed by atoms with Crippen LogP contribution in [0.3, 0.4) is 0 Å². The van der Waals surface area contributed by atoms with Crippen molar-refractivity contribution in [3.05, 3.63) is 34.1 Å². The molecule has 6 heteroatoms. The number of carboxylic acid groups (broad SMARTS) is 1. The van der Waals surface area contributed by atoms with E-state index in [0.29, 0.717) is 23.3 Å². The summed E-state index contributed by atoms with van der Waals surface area (Å²) in [7, 11) is 0. The third kappa shape index (κ3) is 1.22. The number of ether oxygens (including phenoxy) is 1. The third-order valence-electron chi connectivity index (χ3n) is 3.01. The fraction of sp³-hybridized carbons (Fsp3) is 0.167. The smallest absolute Gasteiger partial charge is 0.345 e. The largest absolute Gasteiger partial charge is 0.506 e. The molecule has 2 aromatic rings. The highest BCUT2D eigenvalue weighted by molar-refractivity contribution is 6.00. The zero-order chi connectivity index (χ0) is 12.9. The molecule has 1 aliphatic heterocycles. The van der Waals surface area contributed by atoms with Crippen LogP contribution in [0.15, 0.2) is 23.0 Å². The van der Waals surface area contributed by atoms with Gasteiger partial charge in [-0.15, -0.1) is 0 Å². The second kappa shape index (κ2) is 3.49. The van der Waals surface area contributed by atoms with Gasteiger partial charge in [0.1, 0.15) is 18.1 Å². The van der Waals surface area contributed by atoms with Crippen LogP contribution in [-0.4, -0.2) is 27.4 Å². The zero-order valence-corrected chi connectivity index (χ0v) is 9.21. The molecule has 1 aliphatic rings. The van der Waals surface area contributed by atoms with Gasteiger partial charge in [-0.3, -0.25) is 4.79 Å². The average molecular weight is 247 g/mol. The summed E-state index contributed by atoms with van der Waals surface area (Å²) in [6, 6.07) is 4.88. The van der Waals surface area contributed by atoms with Crippen LogP contribution in [0.4, 0.5) is 0 Å². The average Bonchev–Trinajstić information content (AvgIpc) is 2.35. The number of aromatic hydroxyl groups is 1. The topological polar surface area (TPSA) is 88.8 Å². The number of benzene rings is 1. The fourth-order valence-corrected chi connectivity index (χ4v) is 2.23. The Kier molecular flexibility index (Phi) is 2.07. The Morgan fingerprint density at radius 3 is 2.89 bits per heavy atom. The molecule has 0 saturated carbocycles. The van der Waals surface area contributed by atoms with Gasteiger partial charge in [-0.05, 0) is 12.1 Å². The van der Waals surface area contributed by atoms with Crippen LogP contribution in [0, 0.1) is 0 Å². The number of nitrogens with zero attached hydrogens (tertiary/aromatic N) is 1. The van der Waals surface area contributed by atoms with Crippen LogP contribution in [0.25, 0.3) is 10.9 Å². The molecular weight excluding hydrogens is 238 g/mol. The maximum absolute atomic E-state index is 12.0. The predicted molar refractivity (Wildman–Crippen MR) is 62.3 cm³/mol. The Morgan fingerprint density at radius 1 is 1.39 bits per heavy atom. The Labute approximate surface area is 101 Å². The van der Waals surface area contributed by atoms with Crippen LogP contribution >= 0.6 is 0 Å². The van der Waals surface area contributed by atoms with E-state index in [1.54, 1.807) is 18.2 Å². The lowest BCUT2D eigenvalue weighted by atomic mass is 10.1. The Bertz CT molecular complexity index is 731. The standard InChI is InChI=1S/C12H9NO5/c14-10-6-2-1-3-7-9(6)13(4-5-18-7)11(15)8(10)12(16)17/h1-3,14H,4-5H2,(H,16,17). The molecule has 1 aromatic heterocycles. The molecule has 0 spiro atoms. The molecule has 92 valence electrons. The number of hydrogen-bond acceptors (Lipinski definition) is 4. The molecular formula is C12H9NO5. The first-order valence-corrected chi connectivity index (χ1v) is 5.36. The molecule has 0 aliphatic carbocycles. The number of rotatable bonds is 1. The summed E-state index contributed by atoms with van der Waals surface area (Å²) in [5.74, 6) is -1.46. The normalized spacial score (nSPS) is 13.3. The zero-order valence-electron chi connectivity index (χ0n) is 9.21. The summed E-state index contributed by atoms with van der Waals surface area (Å²) in [6.45, 7) is 0.572. The van der Waals surface area contributed by atoms with Crippen molar-refractivity contribution in [2.24, 2.45) is 0 Å². The van der Waals surface area contributed by atoms with Crippen molar-refractivity contribution in [1.82, 2.24) is 4.57 Å². The predicted octanol–water partition coefficient (Wildman–Crippen LogP) is 0.798. The summed E-state index contributed by atoms with van der Waals surface area (Å²) in [5.41, 5.74) is -0.860. The van der Waals surface area contributed by atoms with E-state index < -0.39 is 22.8 Å². The monoisotopic (exact) mass is 247 g/mol. The molecule has 0 saturated heterocycles. The second-order valence-electron chi connectivity index (χ2n) is 3.99. The maximum atomic E-state index is 12.0. The van der Waals surface area contributed by atoms with Crippen molar-refractivity contribution in [1.29, 1.82) is 0 Å². The molecule has 1 aromatic carbocycles. The first-order valence-electron chi connectivity index (χ1n) is 5.36. The Balaban J connectivity index is 2.58. The minimum absolute atomic E-state index is 0.271. The third-order valence-corrected chi connectivity index (χ3v) is 3.01. The lowest BCUT2D eigenvalue weighted by molar-refractivity contribution is 0.0691. The first kappa shape index (κ1) is 10.6. The molecule has 0 radical (unpaired) electrons. The highest BCUT2D eigenvalue weighted by atomic mass is 16.5. The van der Waals surface area contributed by atoms with Gasteiger partial charge in [0, 0.05) is 5.39 Å². The SMILES string of the molecule is O=C(O)c1c(O)c2cccc3c2n(c1=O)CCO3. The van der Waals surface area contributed by atoms with Crippen LogP contribution in [0.2, 0.25) is 0 Å². The number of aromatic carboxylic acids is 1. The van der Waals surface area contributed by atoms with Gasteiger partial charge in [-0.1, -0.05) is 6.07 Å². The van der Waals surface area contributed by atoms with Gasteiger partial charge in [-0.25, -0.2) is 4.79 Å². The highest BCUT2D eigenvalue weighted by Crippen LogP contribution is 2.33. The van der Waals surface area contributed by atoms with E-state index in [-0.39, 0.29) is 6.54 Å². The number of aromatic nitrogens is 1. The molecule has 18 heavy (non-hydrogen) atoms. The van der Waals surface area contributed by atoms with E-state index in [0.717, 1.165) is 0 Å². The Morgan fingerprint density at radius 2 is 2.17 bits per heavy atom. The number of carbonyl (C=O) groups is 1. The summed E-state index contributed by atoms with van der Waals surface area (Å²) in [5, 5.41) is 19.2. The quantitative estimate of drug-likeness (QED) is 0.778. The van der Waals surface area contributed by atoms with Gasteiger partial charge in [0.15, 0.2) is 5.56 Å². The van der Waals surface area contributed by atoms with Crippen LogP contribution in [-0.2, 0) is 6.54 Å². The maximum Gasteiger partial charge on any atom is 0.345 e. The molecule has 6 nitrogen and oxygen atoms in total. The van der Waals surface area contributed by atoms with Gasteiger partial charge < -0.3 is 19.5 Å². The minimum Gasteiger partial charge on any atom is -0.506 e. The number of carboxylic acids is 1. The lowest BCUT2D eigenvalue weighted by Gasteiger charge is -2.21. The number of hydrogen-bond donors (Lipinski definition) is 2. The second-order valence-corrected chi connectivity index (χ2v) is 3.99. The molecule has 0 unspecified atom stereocenters. The van der Waals surface area contributed by atoms with E-state index in [9.17, 15) is 14.7 Å². The van der Waals surface area contributed by atoms with Gasteiger partial charge in [-0.2, -0.15) is 0 Å². The van der Waals surface area contributed by atoms with Gasteiger partial charge in [0.2, 0.25) is 0 Å². The van der Waals surface area contributed by atoms with Crippen molar-refractivity contribution in [3.8, 4) is 11.5 Å². The lowest BCUT2D eigenvalue weighted by Crippen LogP contribution is -2.31. The van der Waals surface area contributed by atoms with E-state index in [4.69, 9.17) is 9.84 Å². The van der Waals surface area contributed by atoms with Crippen LogP contribution < -0.4 is 10.3 Å². The minimum atomic E-state index is -1.43. The van der Waals surface area contributed by atoms with Crippen molar-refractivity contribution < 1.29 is 19.7 Å². The fourth-order valence-electron chi connectivity index (χ4n) is 2.23. The van der Waals surface area contributed by atoms with E-state index in [2.05, 4.69) is 0 Å². The van der Waals surface area contributed by atoms with Crippen LogP contribution in [0.1, 0.15) is 10.4 Å². The van der Waals surface area contributed by atoms with E-state index in [1.165, 1.54) is 4.57 Å². The van der Waals surface area contributed by atoms with Crippen LogP contribution in [0.5, 0.6) is 11.5 Å². The number of pyridine rings is 1. The van der Waals surface area contributed by atoms with Gasteiger partial charge >= 0.3 is 5.97 Å². The molecule has 3 rings (SSSR count). The highest BCUT2D eigenvalue weighted by Gasteiger charge is 2.25. The van der Waals surface area contributed by atoms with Gasteiger partial charge in [0.25, 0.3) is 5.56 Å². The van der Waals surface area contributed by atoms with Crippen molar-refractivity contribution in [3.63, 3.8) is 0 Å². The summed E-state index contributed by atoms with van der Waals surface area (Å²) in [6.07, 6.45) is 0. The molecule has 2 heterocycles. The summed E-state index contributed by atoms with van der Waals surface area (Å²) < 4.78 is 6.72.